The molecule has 34 heavy (non-hydrogen) atoms. The van der Waals surface area contributed by atoms with Crippen LogP contribution in [0.15, 0.2) is 95.1 Å². The number of ketones is 1. The third kappa shape index (κ3) is 4.23. The number of aromatic nitrogens is 3. The molecular formula is C25H18N4O3S2. The fraction of sp³-hybridized carbons (Fsp3) is 0.0800. The van der Waals surface area contributed by atoms with Crippen molar-refractivity contribution < 1.29 is 14.7 Å². The lowest BCUT2D eigenvalue weighted by atomic mass is 9.96. The number of thioether (sulfide) groups is 1. The molecule has 1 N–H and O–H groups in total. The predicted molar refractivity (Wildman–Crippen MR) is 131 cm³/mol. The second-order valence-electron chi connectivity index (χ2n) is 7.45. The Labute approximate surface area is 203 Å². The minimum atomic E-state index is -0.867. The summed E-state index contributed by atoms with van der Waals surface area (Å²) in [5, 5.41) is 19.8. The van der Waals surface area contributed by atoms with E-state index in [1.165, 1.54) is 28.0 Å². The largest absolute Gasteiger partial charge is 0.507 e. The molecule has 9 heteroatoms. The standard InChI is InChI=1S/C25H18N4O3S2/c30-21(17-10-5-2-6-11-17)19-20(18-12-7-13-26-14-18)29(23(32)22(19)31)24-27-28-25(34-24)33-15-16-8-3-1-4-9-16/h1-14,20,30H,15H2/t20-/m1/s1. The van der Waals surface area contributed by atoms with Gasteiger partial charge < -0.3 is 5.11 Å². The average molecular weight is 487 g/mol. The lowest BCUT2D eigenvalue weighted by molar-refractivity contribution is -0.132. The molecule has 1 fully saturated rings. The number of carbonyl (C=O) groups excluding carboxylic acids is 2. The molecule has 0 saturated carbocycles. The SMILES string of the molecule is O=C1C(=O)N(c2nnc(SCc3ccccc3)s2)[C@H](c2cccnc2)C1=C(O)c1ccccc1. The number of pyridine rings is 1. The highest BCUT2D eigenvalue weighted by molar-refractivity contribution is 8.00. The first kappa shape index (κ1) is 22.0. The van der Waals surface area contributed by atoms with Gasteiger partial charge in [0.05, 0.1) is 11.6 Å². The van der Waals surface area contributed by atoms with Gasteiger partial charge in [-0.15, -0.1) is 10.2 Å². The summed E-state index contributed by atoms with van der Waals surface area (Å²) in [4.78, 5) is 31.7. The van der Waals surface area contributed by atoms with E-state index in [-0.39, 0.29) is 11.3 Å². The van der Waals surface area contributed by atoms with Crippen molar-refractivity contribution in [2.75, 3.05) is 4.90 Å². The quantitative estimate of drug-likeness (QED) is 0.137. The summed E-state index contributed by atoms with van der Waals surface area (Å²) in [6, 6.07) is 21.3. The van der Waals surface area contributed by atoms with E-state index in [4.69, 9.17) is 0 Å². The molecule has 4 aromatic rings. The van der Waals surface area contributed by atoms with Crippen LogP contribution in [-0.2, 0) is 15.3 Å². The summed E-state index contributed by atoms with van der Waals surface area (Å²) < 4.78 is 0.675. The maximum absolute atomic E-state index is 13.2. The predicted octanol–water partition coefficient (Wildman–Crippen LogP) is 4.85. The first-order valence-corrected chi connectivity index (χ1v) is 12.2. The van der Waals surface area contributed by atoms with Crippen LogP contribution in [0.25, 0.3) is 5.76 Å². The maximum atomic E-state index is 13.2. The van der Waals surface area contributed by atoms with Gasteiger partial charge in [0.2, 0.25) is 5.13 Å². The van der Waals surface area contributed by atoms with E-state index in [1.54, 1.807) is 48.8 Å². The van der Waals surface area contributed by atoms with Gasteiger partial charge in [-0.2, -0.15) is 0 Å². The third-order valence-electron chi connectivity index (χ3n) is 5.30. The minimum Gasteiger partial charge on any atom is -0.507 e. The number of aliphatic hydroxyl groups excluding tert-OH is 1. The van der Waals surface area contributed by atoms with Crippen molar-refractivity contribution in [1.29, 1.82) is 0 Å². The fourth-order valence-electron chi connectivity index (χ4n) is 3.71. The summed E-state index contributed by atoms with van der Waals surface area (Å²) >= 11 is 2.74. The van der Waals surface area contributed by atoms with Crippen LogP contribution in [0, 0.1) is 0 Å². The van der Waals surface area contributed by atoms with E-state index >= 15 is 0 Å². The molecule has 168 valence electrons. The average Bonchev–Trinajstić information content (AvgIpc) is 3.46. The topological polar surface area (TPSA) is 96.3 Å². The summed E-state index contributed by atoms with van der Waals surface area (Å²) in [5.41, 5.74) is 2.18. The zero-order valence-corrected chi connectivity index (χ0v) is 19.4. The molecule has 1 amide bonds. The highest BCUT2D eigenvalue weighted by Gasteiger charge is 2.48. The minimum absolute atomic E-state index is 0.00195. The van der Waals surface area contributed by atoms with Crippen LogP contribution in [-0.4, -0.2) is 32.0 Å². The molecule has 0 aliphatic carbocycles. The van der Waals surface area contributed by atoms with Crippen LogP contribution in [0.4, 0.5) is 5.13 Å². The van der Waals surface area contributed by atoms with Gasteiger partial charge in [-0.3, -0.25) is 19.5 Å². The highest BCUT2D eigenvalue weighted by atomic mass is 32.2. The number of hydrogen-bond donors (Lipinski definition) is 1. The summed E-state index contributed by atoms with van der Waals surface area (Å²) in [7, 11) is 0. The zero-order chi connectivity index (χ0) is 23.5. The van der Waals surface area contributed by atoms with Crippen molar-refractivity contribution in [3.63, 3.8) is 0 Å². The smallest absolute Gasteiger partial charge is 0.301 e. The monoisotopic (exact) mass is 486 g/mol. The second kappa shape index (κ2) is 9.58. The van der Waals surface area contributed by atoms with Crippen LogP contribution in [0.2, 0.25) is 0 Å². The lowest BCUT2D eigenvalue weighted by Crippen LogP contribution is -2.29. The fourth-order valence-corrected chi connectivity index (χ4v) is 5.54. The summed E-state index contributed by atoms with van der Waals surface area (Å²) in [5.74, 6) is -1.07. The van der Waals surface area contributed by atoms with Crippen molar-refractivity contribution in [3.8, 4) is 0 Å². The number of hydrogen-bond acceptors (Lipinski definition) is 8. The first-order valence-electron chi connectivity index (χ1n) is 10.4. The molecule has 1 aliphatic heterocycles. The van der Waals surface area contributed by atoms with E-state index in [9.17, 15) is 14.7 Å². The molecular weight excluding hydrogens is 468 g/mol. The van der Waals surface area contributed by atoms with Gasteiger partial charge in [-0.05, 0) is 17.2 Å². The number of benzene rings is 2. The van der Waals surface area contributed by atoms with Gasteiger partial charge in [0.1, 0.15) is 5.76 Å². The van der Waals surface area contributed by atoms with Gasteiger partial charge in [0, 0.05) is 23.7 Å². The van der Waals surface area contributed by atoms with Crippen molar-refractivity contribution in [2.45, 2.75) is 16.1 Å². The zero-order valence-electron chi connectivity index (χ0n) is 17.7. The molecule has 1 aliphatic rings. The lowest BCUT2D eigenvalue weighted by Gasteiger charge is -2.22. The Hall–Kier alpha value is -3.82. The Kier molecular flexibility index (Phi) is 6.20. The van der Waals surface area contributed by atoms with E-state index in [0.717, 1.165) is 5.56 Å². The Morgan fingerprint density at radius 1 is 0.971 bits per heavy atom. The number of rotatable bonds is 6. The van der Waals surface area contributed by atoms with Gasteiger partial charge >= 0.3 is 5.91 Å². The maximum Gasteiger partial charge on any atom is 0.301 e. The van der Waals surface area contributed by atoms with E-state index < -0.39 is 17.7 Å². The number of aliphatic hydroxyl groups is 1. The van der Waals surface area contributed by atoms with E-state index in [0.29, 0.717) is 26.4 Å². The normalized spacial score (nSPS) is 17.3. The van der Waals surface area contributed by atoms with Gasteiger partial charge in [0.25, 0.3) is 5.78 Å². The second-order valence-corrected chi connectivity index (χ2v) is 9.62. The molecule has 2 aromatic carbocycles. The number of anilines is 1. The molecule has 0 spiro atoms. The van der Waals surface area contributed by atoms with Crippen molar-refractivity contribution >= 4 is 45.7 Å². The van der Waals surface area contributed by atoms with Crippen molar-refractivity contribution in [2.24, 2.45) is 0 Å². The Balaban J connectivity index is 1.53. The Morgan fingerprint density at radius 3 is 2.41 bits per heavy atom. The van der Waals surface area contributed by atoms with Crippen LogP contribution < -0.4 is 4.90 Å². The van der Waals surface area contributed by atoms with Crippen molar-refractivity contribution in [1.82, 2.24) is 15.2 Å². The molecule has 0 bridgehead atoms. The van der Waals surface area contributed by atoms with E-state index in [1.807, 2.05) is 36.4 Å². The molecule has 1 saturated heterocycles. The molecule has 7 nitrogen and oxygen atoms in total. The first-order chi connectivity index (χ1) is 16.6. The number of nitrogens with zero attached hydrogens (tertiary/aromatic N) is 4. The Morgan fingerprint density at radius 2 is 1.71 bits per heavy atom. The van der Waals surface area contributed by atoms with Crippen LogP contribution in [0.1, 0.15) is 22.7 Å². The molecule has 5 rings (SSSR count). The highest BCUT2D eigenvalue weighted by Crippen LogP contribution is 2.43. The number of carbonyl (C=O) groups is 2. The van der Waals surface area contributed by atoms with E-state index in [2.05, 4.69) is 15.2 Å². The van der Waals surface area contributed by atoms with Crippen LogP contribution >= 0.6 is 23.1 Å². The van der Waals surface area contributed by atoms with Crippen LogP contribution in [0.5, 0.6) is 0 Å². The molecule has 1 atom stereocenters. The molecule has 2 aromatic heterocycles. The number of amides is 1. The molecule has 0 radical (unpaired) electrons. The number of Topliss-reactive ketones (excluding diaryl/α,β-unsaturated/α-hetero) is 1. The van der Waals surface area contributed by atoms with Gasteiger partial charge in [-0.25, -0.2) is 0 Å². The van der Waals surface area contributed by atoms with Gasteiger partial charge in [0.15, 0.2) is 4.34 Å². The molecule has 0 unspecified atom stereocenters. The summed E-state index contributed by atoms with van der Waals surface area (Å²) in [6.45, 7) is 0. The van der Waals surface area contributed by atoms with Crippen molar-refractivity contribution in [3.05, 3.63) is 107 Å². The third-order valence-corrected chi connectivity index (χ3v) is 7.43. The molecule has 3 heterocycles. The van der Waals surface area contributed by atoms with Gasteiger partial charge in [-0.1, -0.05) is 89.8 Å². The Bertz CT molecular complexity index is 1360. The summed E-state index contributed by atoms with van der Waals surface area (Å²) in [6.07, 6.45) is 3.18. The van der Waals surface area contributed by atoms with Crippen LogP contribution in [0.3, 0.4) is 0 Å².